The lowest BCUT2D eigenvalue weighted by Gasteiger charge is -2.15. The first-order valence-corrected chi connectivity index (χ1v) is 7.48. The number of carbonyl (C=O) groups is 2. The van der Waals surface area contributed by atoms with Crippen molar-refractivity contribution in [3.05, 3.63) is 41.7 Å². The number of carbonyl (C=O) groups excluding carboxylic acids is 2. The van der Waals surface area contributed by atoms with Gasteiger partial charge in [0.25, 0.3) is 0 Å². The summed E-state index contributed by atoms with van der Waals surface area (Å²) in [5.74, 6) is -0.0430. The van der Waals surface area contributed by atoms with E-state index in [4.69, 9.17) is 0 Å². The highest BCUT2D eigenvalue weighted by atomic mass is 16.2. The lowest BCUT2D eigenvalue weighted by Crippen LogP contribution is -2.39. The summed E-state index contributed by atoms with van der Waals surface area (Å²) in [6.45, 7) is 4.38. The summed E-state index contributed by atoms with van der Waals surface area (Å²) in [6, 6.07) is 5.27. The van der Waals surface area contributed by atoms with Crippen LogP contribution in [0.1, 0.15) is 17.5 Å². The summed E-state index contributed by atoms with van der Waals surface area (Å²) in [6.07, 6.45) is 3.97. The fourth-order valence-corrected chi connectivity index (χ4v) is 2.55. The Balaban J connectivity index is 1.77. The maximum absolute atomic E-state index is 12.2. The third-order valence-corrected chi connectivity index (χ3v) is 3.67. The van der Waals surface area contributed by atoms with Gasteiger partial charge in [0, 0.05) is 19.2 Å². The van der Waals surface area contributed by atoms with E-state index in [1.807, 2.05) is 38.2 Å². The Kier molecular flexibility index (Phi) is 4.01. The predicted molar refractivity (Wildman–Crippen MR) is 86.6 cm³/mol. The Hall–Kier alpha value is -2.83. The van der Waals surface area contributed by atoms with Gasteiger partial charge in [0.05, 0.1) is 23.6 Å². The molecule has 1 aromatic heterocycles. The van der Waals surface area contributed by atoms with Crippen molar-refractivity contribution in [2.75, 3.05) is 11.9 Å². The molecule has 0 radical (unpaired) electrons. The maximum atomic E-state index is 12.2. The van der Waals surface area contributed by atoms with E-state index in [1.165, 1.54) is 0 Å². The summed E-state index contributed by atoms with van der Waals surface area (Å²) in [5.41, 5.74) is 3.53. The molecular weight excluding hydrogens is 294 g/mol. The van der Waals surface area contributed by atoms with E-state index < -0.39 is 0 Å². The summed E-state index contributed by atoms with van der Waals surface area (Å²) >= 11 is 0. The molecule has 0 bridgehead atoms. The van der Waals surface area contributed by atoms with Gasteiger partial charge in [-0.1, -0.05) is 6.07 Å². The second-order valence-corrected chi connectivity index (χ2v) is 5.79. The van der Waals surface area contributed by atoms with E-state index in [-0.39, 0.29) is 18.0 Å². The van der Waals surface area contributed by atoms with Crippen molar-refractivity contribution in [3.63, 3.8) is 0 Å². The first-order chi connectivity index (χ1) is 11.0. The number of nitrogens with zero attached hydrogens (tertiary/aromatic N) is 2. The smallest absolute Gasteiger partial charge is 0.319 e. The standard InChI is InChI=1S/C16H19N5O2/c1-10-3-4-14(21-9-11(2)7-18-21)13(5-10)20-16(23)19-12-6-15(22)17-8-12/h3-5,7,9,12H,6,8H2,1-2H3,(H,17,22)(H2,19,20,23)/t12-/m1/s1. The third-order valence-electron chi connectivity index (χ3n) is 3.67. The largest absolute Gasteiger partial charge is 0.354 e. The number of benzene rings is 1. The van der Waals surface area contributed by atoms with E-state index in [0.29, 0.717) is 18.7 Å². The van der Waals surface area contributed by atoms with Crippen molar-refractivity contribution in [1.29, 1.82) is 0 Å². The number of amides is 3. The lowest BCUT2D eigenvalue weighted by atomic mass is 10.2. The van der Waals surface area contributed by atoms with Crippen LogP contribution in [0.3, 0.4) is 0 Å². The zero-order chi connectivity index (χ0) is 16.4. The quantitative estimate of drug-likeness (QED) is 0.802. The number of nitrogens with one attached hydrogen (secondary N) is 3. The molecule has 0 unspecified atom stereocenters. The Labute approximate surface area is 134 Å². The van der Waals surface area contributed by atoms with E-state index in [2.05, 4.69) is 21.0 Å². The first-order valence-electron chi connectivity index (χ1n) is 7.48. The molecule has 3 N–H and O–H groups in total. The van der Waals surface area contributed by atoms with Crippen LogP contribution in [0.2, 0.25) is 0 Å². The summed E-state index contributed by atoms with van der Waals surface area (Å²) in [5, 5.41) is 12.6. The Morgan fingerprint density at radius 3 is 2.83 bits per heavy atom. The number of aryl methyl sites for hydroxylation is 2. The van der Waals surface area contributed by atoms with Gasteiger partial charge < -0.3 is 16.0 Å². The molecule has 1 fully saturated rings. The number of aromatic nitrogens is 2. The molecular formula is C16H19N5O2. The summed E-state index contributed by atoms with van der Waals surface area (Å²) in [7, 11) is 0. The van der Waals surface area contributed by atoms with Crippen LogP contribution in [0.15, 0.2) is 30.6 Å². The monoisotopic (exact) mass is 313 g/mol. The van der Waals surface area contributed by atoms with Crippen molar-refractivity contribution in [3.8, 4) is 5.69 Å². The van der Waals surface area contributed by atoms with Gasteiger partial charge in [-0.3, -0.25) is 4.79 Å². The third kappa shape index (κ3) is 3.50. The zero-order valence-corrected chi connectivity index (χ0v) is 13.1. The van der Waals surface area contributed by atoms with E-state index in [0.717, 1.165) is 16.8 Å². The Bertz CT molecular complexity index is 753. The molecule has 1 atom stereocenters. The molecule has 1 saturated heterocycles. The molecule has 0 spiro atoms. The number of rotatable bonds is 3. The molecule has 0 saturated carbocycles. The first kappa shape index (κ1) is 15.1. The van der Waals surface area contributed by atoms with E-state index in [1.54, 1.807) is 10.9 Å². The van der Waals surface area contributed by atoms with Crippen molar-refractivity contribution >= 4 is 17.6 Å². The molecule has 2 heterocycles. The van der Waals surface area contributed by atoms with Crippen LogP contribution in [0.5, 0.6) is 0 Å². The highest BCUT2D eigenvalue weighted by Crippen LogP contribution is 2.21. The molecule has 120 valence electrons. The number of hydrogen-bond donors (Lipinski definition) is 3. The average molecular weight is 313 g/mol. The van der Waals surface area contributed by atoms with Gasteiger partial charge in [-0.05, 0) is 37.1 Å². The van der Waals surface area contributed by atoms with Gasteiger partial charge in [-0.25, -0.2) is 9.48 Å². The van der Waals surface area contributed by atoms with Crippen molar-refractivity contribution in [2.24, 2.45) is 0 Å². The highest BCUT2D eigenvalue weighted by Gasteiger charge is 2.23. The molecule has 7 heteroatoms. The molecule has 23 heavy (non-hydrogen) atoms. The predicted octanol–water partition coefficient (Wildman–Crippen LogP) is 1.50. The minimum atomic E-state index is -0.331. The minimum absolute atomic E-state index is 0.0430. The van der Waals surface area contributed by atoms with Crippen LogP contribution in [0, 0.1) is 13.8 Å². The fraction of sp³-hybridized carbons (Fsp3) is 0.312. The Morgan fingerprint density at radius 2 is 2.17 bits per heavy atom. The van der Waals surface area contributed by atoms with Gasteiger partial charge in [-0.15, -0.1) is 0 Å². The molecule has 1 aromatic carbocycles. The van der Waals surface area contributed by atoms with E-state index >= 15 is 0 Å². The van der Waals surface area contributed by atoms with Gasteiger partial charge in [0.1, 0.15) is 0 Å². The van der Waals surface area contributed by atoms with Crippen molar-refractivity contribution < 1.29 is 9.59 Å². The van der Waals surface area contributed by atoms with Crippen LogP contribution < -0.4 is 16.0 Å². The van der Waals surface area contributed by atoms with Crippen molar-refractivity contribution in [2.45, 2.75) is 26.3 Å². The van der Waals surface area contributed by atoms with Gasteiger partial charge >= 0.3 is 6.03 Å². The fourth-order valence-electron chi connectivity index (χ4n) is 2.55. The molecule has 0 aliphatic carbocycles. The molecule has 3 rings (SSSR count). The van der Waals surface area contributed by atoms with Crippen LogP contribution in [0.25, 0.3) is 5.69 Å². The maximum Gasteiger partial charge on any atom is 0.319 e. The normalized spacial score (nSPS) is 17.0. The summed E-state index contributed by atoms with van der Waals surface area (Å²) in [4.78, 5) is 23.4. The van der Waals surface area contributed by atoms with Gasteiger partial charge in [0.2, 0.25) is 5.91 Å². The molecule has 1 aliphatic rings. The zero-order valence-electron chi connectivity index (χ0n) is 13.1. The van der Waals surface area contributed by atoms with Crippen molar-refractivity contribution in [1.82, 2.24) is 20.4 Å². The second-order valence-electron chi connectivity index (χ2n) is 5.79. The van der Waals surface area contributed by atoms with Crippen LogP contribution in [-0.4, -0.2) is 34.3 Å². The highest BCUT2D eigenvalue weighted by molar-refractivity contribution is 5.92. The summed E-state index contributed by atoms with van der Waals surface area (Å²) < 4.78 is 1.73. The number of anilines is 1. The lowest BCUT2D eigenvalue weighted by molar-refractivity contribution is -0.119. The Morgan fingerprint density at radius 1 is 1.35 bits per heavy atom. The molecule has 7 nitrogen and oxygen atoms in total. The van der Waals surface area contributed by atoms with Gasteiger partial charge in [0.15, 0.2) is 0 Å². The van der Waals surface area contributed by atoms with Crippen LogP contribution in [-0.2, 0) is 4.79 Å². The topological polar surface area (TPSA) is 88.1 Å². The average Bonchev–Trinajstić information content (AvgIpc) is 3.08. The minimum Gasteiger partial charge on any atom is -0.354 e. The number of urea groups is 1. The SMILES string of the molecule is Cc1ccc(-n2cc(C)cn2)c(NC(=O)N[C@H]2CNC(=O)C2)c1. The van der Waals surface area contributed by atoms with Crippen LogP contribution in [0.4, 0.5) is 10.5 Å². The number of hydrogen-bond acceptors (Lipinski definition) is 3. The van der Waals surface area contributed by atoms with Gasteiger partial charge in [-0.2, -0.15) is 5.10 Å². The second kappa shape index (κ2) is 6.12. The molecule has 2 aromatic rings. The van der Waals surface area contributed by atoms with E-state index in [9.17, 15) is 9.59 Å². The van der Waals surface area contributed by atoms with Crippen LogP contribution >= 0.6 is 0 Å². The molecule has 3 amide bonds. The molecule has 1 aliphatic heterocycles.